The maximum Gasteiger partial charge on any atom is 0.238 e. The van der Waals surface area contributed by atoms with Crippen molar-refractivity contribution >= 4 is 34.5 Å². The number of halogens is 1. The van der Waals surface area contributed by atoms with Crippen LogP contribution in [0.1, 0.15) is 29.3 Å². The second-order valence-corrected chi connectivity index (χ2v) is 6.91. The highest BCUT2D eigenvalue weighted by Crippen LogP contribution is 2.34. The highest BCUT2D eigenvalue weighted by molar-refractivity contribution is 7.10. The summed E-state index contributed by atoms with van der Waals surface area (Å²) in [7, 11) is 0. The van der Waals surface area contributed by atoms with Crippen molar-refractivity contribution in [3.8, 4) is 6.07 Å². The SMILES string of the molecule is N#Cc1ccc(Cl)cc1NC(=O)CN1CCC[C@@H]1c1cccs1. The molecule has 6 heteroatoms. The topological polar surface area (TPSA) is 56.1 Å². The molecule has 1 aromatic carbocycles. The fraction of sp³-hybridized carbons (Fsp3) is 0.294. The lowest BCUT2D eigenvalue weighted by atomic mass is 10.2. The van der Waals surface area contributed by atoms with Crippen molar-refractivity contribution in [3.63, 3.8) is 0 Å². The molecule has 1 N–H and O–H groups in total. The third-order valence-electron chi connectivity index (χ3n) is 3.96. The fourth-order valence-corrected chi connectivity index (χ4v) is 3.98. The molecule has 118 valence electrons. The van der Waals surface area contributed by atoms with Crippen molar-refractivity contribution in [3.05, 3.63) is 51.2 Å². The van der Waals surface area contributed by atoms with Crippen molar-refractivity contribution in [1.29, 1.82) is 5.26 Å². The molecular weight excluding hydrogens is 330 g/mol. The molecular formula is C17H16ClN3OS. The number of rotatable bonds is 4. The van der Waals surface area contributed by atoms with E-state index in [1.54, 1.807) is 29.5 Å². The molecule has 0 aliphatic carbocycles. The van der Waals surface area contributed by atoms with Gasteiger partial charge in [0.05, 0.1) is 17.8 Å². The summed E-state index contributed by atoms with van der Waals surface area (Å²) >= 11 is 7.68. The first-order chi connectivity index (χ1) is 11.2. The first-order valence-electron chi connectivity index (χ1n) is 7.44. The molecule has 1 atom stereocenters. The Kier molecular flexibility index (Phi) is 4.97. The van der Waals surface area contributed by atoms with Gasteiger partial charge in [0.2, 0.25) is 5.91 Å². The van der Waals surface area contributed by atoms with Crippen LogP contribution in [-0.4, -0.2) is 23.9 Å². The van der Waals surface area contributed by atoms with E-state index in [2.05, 4.69) is 27.7 Å². The number of nitrogens with one attached hydrogen (secondary N) is 1. The van der Waals surface area contributed by atoms with Crippen LogP contribution < -0.4 is 5.32 Å². The van der Waals surface area contributed by atoms with Crippen molar-refractivity contribution in [2.24, 2.45) is 0 Å². The monoisotopic (exact) mass is 345 g/mol. The molecule has 1 saturated heterocycles. The van der Waals surface area contributed by atoms with Crippen LogP contribution in [0.25, 0.3) is 0 Å². The van der Waals surface area contributed by atoms with Gasteiger partial charge in [0.25, 0.3) is 0 Å². The predicted molar refractivity (Wildman–Crippen MR) is 92.7 cm³/mol. The second kappa shape index (κ2) is 7.14. The van der Waals surface area contributed by atoms with Gasteiger partial charge < -0.3 is 5.32 Å². The van der Waals surface area contributed by atoms with Crippen LogP contribution >= 0.6 is 22.9 Å². The lowest BCUT2D eigenvalue weighted by Crippen LogP contribution is -2.32. The summed E-state index contributed by atoms with van der Waals surface area (Å²) in [5.74, 6) is -0.118. The molecule has 0 spiro atoms. The first kappa shape index (κ1) is 16.0. The Bertz CT molecular complexity index is 739. The number of carbonyl (C=O) groups is 1. The number of hydrogen-bond acceptors (Lipinski definition) is 4. The highest BCUT2D eigenvalue weighted by atomic mass is 35.5. The summed E-state index contributed by atoms with van der Waals surface area (Å²) in [6.07, 6.45) is 2.17. The molecule has 1 aromatic heterocycles. The number of hydrogen-bond donors (Lipinski definition) is 1. The van der Waals surface area contributed by atoms with Gasteiger partial charge in [0.15, 0.2) is 0 Å². The molecule has 4 nitrogen and oxygen atoms in total. The molecule has 1 amide bonds. The second-order valence-electron chi connectivity index (χ2n) is 5.49. The number of carbonyl (C=O) groups excluding carboxylic acids is 1. The third-order valence-corrected chi connectivity index (χ3v) is 5.17. The largest absolute Gasteiger partial charge is 0.324 e. The van der Waals surface area contributed by atoms with Crippen LogP contribution in [0, 0.1) is 11.3 Å². The van der Waals surface area contributed by atoms with Gasteiger partial charge >= 0.3 is 0 Å². The molecule has 1 fully saturated rings. The minimum atomic E-state index is -0.118. The molecule has 0 radical (unpaired) electrons. The number of benzene rings is 1. The number of thiophene rings is 1. The Morgan fingerprint density at radius 3 is 3.09 bits per heavy atom. The molecule has 0 bridgehead atoms. The minimum Gasteiger partial charge on any atom is -0.324 e. The minimum absolute atomic E-state index is 0.118. The summed E-state index contributed by atoms with van der Waals surface area (Å²) in [5, 5.41) is 14.5. The normalized spacial score (nSPS) is 17.8. The van der Waals surface area contributed by atoms with Crippen molar-refractivity contribution in [2.45, 2.75) is 18.9 Å². The van der Waals surface area contributed by atoms with Crippen LogP contribution in [0.3, 0.4) is 0 Å². The maximum absolute atomic E-state index is 12.4. The average molecular weight is 346 g/mol. The van der Waals surface area contributed by atoms with Gasteiger partial charge in [-0.3, -0.25) is 9.69 Å². The van der Waals surface area contributed by atoms with E-state index in [0.29, 0.717) is 28.9 Å². The van der Waals surface area contributed by atoms with Crippen LogP contribution in [-0.2, 0) is 4.79 Å². The van der Waals surface area contributed by atoms with Crippen LogP contribution in [0.4, 0.5) is 5.69 Å². The Balaban J connectivity index is 1.68. The van der Waals surface area contributed by atoms with E-state index >= 15 is 0 Å². The first-order valence-corrected chi connectivity index (χ1v) is 8.70. The molecule has 23 heavy (non-hydrogen) atoms. The number of nitrogens with zero attached hydrogens (tertiary/aromatic N) is 2. The third kappa shape index (κ3) is 3.73. The van der Waals surface area contributed by atoms with Crippen molar-refractivity contribution in [2.75, 3.05) is 18.4 Å². The van der Waals surface area contributed by atoms with E-state index in [9.17, 15) is 4.79 Å². The fourth-order valence-electron chi connectivity index (χ4n) is 2.91. The molecule has 2 aromatic rings. The lowest BCUT2D eigenvalue weighted by Gasteiger charge is -2.23. The van der Waals surface area contributed by atoms with Crippen LogP contribution in [0.15, 0.2) is 35.7 Å². The van der Waals surface area contributed by atoms with Gasteiger partial charge in [-0.25, -0.2) is 0 Å². The van der Waals surface area contributed by atoms with Gasteiger partial charge in [-0.05, 0) is 49.0 Å². The summed E-state index contributed by atoms with van der Waals surface area (Å²) in [6, 6.07) is 11.4. The number of amides is 1. The van der Waals surface area contributed by atoms with E-state index in [1.807, 2.05) is 6.07 Å². The van der Waals surface area contributed by atoms with Crippen molar-refractivity contribution in [1.82, 2.24) is 4.90 Å². The maximum atomic E-state index is 12.4. The summed E-state index contributed by atoms with van der Waals surface area (Å²) < 4.78 is 0. The van der Waals surface area contributed by atoms with E-state index in [0.717, 1.165) is 19.4 Å². The number of nitriles is 1. The van der Waals surface area contributed by atoms with E-state index in [-0.39, 0.29) is 5.91 Å². The Labute approximate surface area is 144 Å². The summed E-state index contributed by atoms with van der Waals surface area (Å²) in [5.41, 5.74) is 0.885. The zero-order valence-corrected chi connectivity index (χ0v) is 14.0. The van der Waals surface area contributed by atoms with Gasteiger partial charge in [-0.2, -0.15) is 5.26 Å². The highest BCUT2D eigenvalue weighted by Gasteiger charge is 2.28. The molecule has 0 unspecified atom stereocenters. The van der Waals surface area contributed by atoms with E-state index in [4.69, 9.17) is 16.9 Å². The average Bonchev–Trinajstić information content (AvgIpc) is 3.18. The van der Waals surface area contributed by atoms with Crippen LogP contribution in [0.5, 0.6) is 0 Å². The number of anilines is 1. The van der Waals surface area contributed by atoms with Gasteiger partial charge in [-0.1, -0.05) is 17.7 Å². The molecule has 0 saturated carbocycles. The van der Waals surface area contributed by atoms with Gasteiger partial charge in [-0.15, -0.1) is 11.3 Å². The summed E-state index contributed by atoms with van der Waals surface area (Å²) in [6.45, 7) is 1.23. The summed E-state index contributed by atoms with van der Waals surface area (Å²) in [4.78, 5) is 15.9. The molecule has 3 rings (SSSR count). The smallest absolute Gasteiger partial charge is 0.238 e. The molecule has 1 aliphatic rings. The quantitative estimate of drug-likeness (QED) is 0.909. The number of likely N-dealkylation sites (tertiary alicyclic amines) is 1. The standard InChI is InChI=1S/C17H16ClN3OS/c18-13-6-5-12(10-19)14(9-13)20-17(22)11-21-7-1-3-15(21)16-4-2-8-23-16/h2,4-6,8-9,15H,1,3,7,11H2,(H,20,22)/t15-/m1/s1. The van der Waals surface area contributed by atoms with Gasteiger partial charge in [0.1, 0.15) is 6.07 Å². The predicted octanol–water partition coefficient (Wildman–Crippen LogP) is 4.05. The molecule has 2 heterocycles. The zero-order valence-electron chi connectivity index (χ0n) is 12.5. The Morgan fingerprint density at radius 2 is 2.35 bits per heavy atom. The van der Waals surface area contributed by atoms with Crippen molar-refractivity contribution < 1.29 is 4.79 Å². The van der Waals surface area contributed by atoms with E-state index < -0.39 is 0 Å². The lowest BCUT2D eigenvalue weighted by molar-refractivity contribution is -0.117. The Morgan fingerprint density at radius 1 is 1.48 bits per heavy atom. The van der Waals surface area contributed by atoms with Gasteiger partial charge in [0, 0.05) is 15.9 Å². The molecule has 1 aliphatic heterocycles. The zero-order chi connectivity index (χ0) is 16.2. The van der Waals surface area contributed by atoms with Crippen LogP contribution in [0.2, 0.25) is 5.02 Å². The Hall–Kier alpha value is -1.87. The van der Waals surface area contributed by atoms with E-state index in [1.165, 1.54) is 4.88 Å².